The van der Waals surface area contributed by atoms with Gasteiger partial charge in [-0.05, 0) is 42.8 Å². The fourth-order valence-corrected chi connectivity index (χ4v) is 4.13. The molecule has 1 aromatic heterocycles. The van der Waals surface area contributed by atoms with Crippen LogP contribution in [0.5, 0.6) is 0 Å². The second-order valence-electron chi connectivity index (χ2n) is 5.40. The molecule has 0 aliphatic rings. The predicted octanol–water partition coefficient (Wildman–Crippen LogP) is 3.60. The van der Waals surface area contributed by atoms with Crippen molar-refractivity contribution in [3.8, 4) is 0 Å². The van der Waals surface area contributed by atoms with Crippen LogP contribution >= 0.6 is 11.6 Å². The van der Waals surface area contributed by atoms with E-state index >= 15 is 0 Å². The molecule has 8 heteroatoms. The van der Waals surface area contributed by atoms with E-state index in [4.69, 9.17) is 16.0 Å². The Balaban J connectivity index is 2.17. The summed E-state index contributed by atoms with van der Waals surface area (Å²) in [5.41, 5.74) is 0.231. The van der Waals surface area contributed by atoms with E-state index in [0.717, 1.165) is 0 Å². The van der Waals surface area contributed by atoms with E-state index < -0.39 is 15.6 Å². The summed E-state index contributed by atoms with van der Waals surface area (Å²) in [7, 11) is -2.39. The number of para-hydroxylation sites is 1. The number of nitrogens with one attached hydrogen (secondary N) is 2. The van der Waals surface area contributed by atoms with Crippen LogP contribution in [0.2, 0.25) is 5.02 Å². The average Bonchev–Trinajstić information content (AvgIpc) is 2.55. The van der Waals surface area contributed by atoms with Crippen LogP contribution in [0.15, 0.2) is 56.6 Å². The van der Waals surface area contributed by atoms with Gasteiger partial charge in [-0.15, -0.1) is 0 Å². The number of hydrogen-bond acceptors (Lipinski definition) is 5. The number of rotatable bonds is 4. The van der Waals surface area contributed by atoms with Crippen LogP contribution in [-0.2, 0) is 10.0 Å². The lowest BCUT2D eigenvalue weighted by molar-refractivity contribution is 0.563. The van der Waals surface area contributed by atoms with Gasteiger partial charge in [-0.3, -0.25) is 4.72 Å². The molecule has 0 amide bonds. The SMILES string of the molecule is CNc1c(NS(=O)(=O)c2ccc(Cl)cc2C)c(=O)oc2ccccc12. The number of sulfonamides is 1. The van der Waals surface area contributed by atoms with Gasteiger partial charge in [0.1, 0.15) is 5.58 Å². The van der Waals surface area contributed by atoms with E-state index in [2.05, 4.69) is 10.0 Å². The highest BCUT2D eigenvalue weighted by Crippen LogP contribution is 2.30. The van der Waals surface area contributed by atoms with Crippen molar-refractivity contribution in [2.24, 2.45) is 0 Å². The van der Waals surface area contributed by atoms with Crippen LogP contribution in [0.1, 0.15) is 5.56 Å². The van der Waals surface area contributed by atoms with E-state index in [1.807, 2.05) is 0 Å². The Hall–Kier alpha value is -2.51. The molecular formula is C17H15ClN2O4S. The minimum atomic E-state index is -3.99. The molecule has 0 spiro atoms. The molecule has 0 radical (unpaired) electrons. The van der Waals surface area contributed by atoms with Gasteiger partial charge in [0.05, 0.1) is 10.6 Å². The molecule has 2 N–H and O–H groups in total. The maximum atomic E-state index is 12.7. The number of hydrogen-bond donors (Lipinski definition) is 2. The molecule has 0 unspecified atom stereocenters. The highest BCUT2D eigenvalue weighted by Gasteiger charge is 2.22. The van der Waals surface area contributed by atoms with Crippen molar-refractivity contribution >= 4 is 44.0 Å². The molecule has 0 saturated carbocycles. The molecule has 3 rings (SSSR count). The molecule has 0 bridgehead atoms. The molecule has 0 fully saturated rings. The van der Waals surface area contributed by atoms with Crippen molar-refractivity contribution in [1.29, 1.82) is 0 Å². The first-order valence-corrected chi connectivity index (χ1v) is 9.22. The molecule has 0 aliphatic carbocycles. The topological polar surface area (TPSA) is 88.4 Å². The summed E-state index contributed by atoms with van der Waals surface area (Å²) in [6, 6.07) is 11.3. The minimum Gasteiger partial charge on any atom is -0.421 e. The third-order valence-electron chi connectivity index (χ3n) is 3.73. The zero-order chi connectivity index (χ0) is 18.2. The first-order chi connectivity index (χ1) is 11.8. The summed E-state index contributed by atoms with van der Waals surface area (Å²) in [5, 5.41) is 3.89. The fraction of sp³-hybridized carbons (Fsp3) is 0.118. The zero-order valence-electron chi connectivity index (χ0n) is 13.5. The Morgan fingerprint density at radius 1 is 1.08 bits per heavy atom. The molecule has 0 atom stereocenters. The fourth-order valence-electron chi connectivity index (χ4n) is 2.61. The summed E-state index contributed by atoms with van der Waals surface area (Å²) in [6.45, 7) is 1.63. The molecule has 130 valence electrons. The van der Waals surface area contributed by atoms with Gasteiger partial charge in [0.2, 0.25) is 0 Å². The second-order valence-corrected chi connectivity index (χ2v) is 7.49. The Kier molecular flexibility index (Phi) is 4.45. The van der Waals surface area contributed by atoms with E-state index in [1.165, 1.54) is 18.2 Å². The number of aryl methyl sites for hydroxylation is 1. The lowest BCUT2D eigenvalue weighted by Crippen LogP contribution is -2.20. The summed E-state index contributed by atoms with van der Waals surface area (Å²) in [6.07, 6.45) is 0. The molecule has 6 nitrogen and oxygen atoms in total. The van der Waals surface area contributed by atoms with Gasteiger partial charge < -0.3 is 9.73 Å². The molecule has 1 heterocycles. The zero-order valence-corrected chi connectivity index (χ0v) is 15.0. The van der Waals surface area contributed by atoms with Crippen molar-refractivity contribution in [3.05, 3.63) is 63.5 Å². The normalized spacial score (nSPS) is 11.5. The second kappa shape index (κ2) is 6.42. The van der Waals surface area contributed by atoms with Crippen LogP contribution in [0, 0.1) is 6.92 Å². The largest absolute Gasteiger partial charge is 0.421 e. The van der Waals surface area contributed by atoms with Gasteiger partial charge in [0, 0.05) is 17.5 Å². The Morgan fingerprint density at radius 2 is 1.80 bits per heavy atom. The van der Waals surface area contributed by atoms with Gasteiger partial charge in [0.25, 0.3) is 10.0 Å². The highest BCUT2D eigenvalue weighted by atomic mass is 35.5. The quantitative estimate of drug-likeness (QED) is 0.677. The van der Waals surface area contributed by atoms with Crippen LogP contribution in [-0.4, -0.2) is 15.5 Å². The average molecular weight is 379 g/mol. The number of halogens is 1. The van der Waals surface area contributed by atoms with Crippen LogP contribution in [0.4, 0.5) is 11.4 Å². The van der Waals surface area contributed by atoms with Gasteiger partial charge in [0.15, 0.2) is 5.69 Å². The molecule has 0 saturated heterocycles. The number of anilines is 2. The highest BCUT2D eigenvalue weighted by molar-refractivity contribution is 7.92. The summed E-state index contributed by atoms with van der Waals surface area (Å²) in [4.78, 5) is 12.3. The summed E-state index contributed by atoms with van der Waals surface area (Å²) < 4.78 is 33.0. The molecule has 3 aromatic rings. The van der Waals surface area contributed by atoms with E-state index in [0.29, 0.717) is 27.2 Å². The smallest absolute Gasteiger partial charge is 0.363 e. The Labute approximate surface area is 149 Å². The Morgan fingerprint density at radius 3 is 2.48 bits per heavy atom. The number of benzene rings is 2. The van der Waals surface area contributed by atoms with Gasteiger partial charge >= 0.3 is 5.63 Å². The van der Waals surface area contributed by atoms with Crippen molar-refractivity contribution in [2.45, 2.75) is 11.8 Å². The first kappa shape index (κ1) is 17.3. The predicted molar refractivity (Wildman–Crippen MR) is 99.0 cm³/mol. The molecule has 2 aromatic carbocycles. The van der Waals surface area contributed by atoms with Crippen molar-refractivity contribution < 1.29 is 12.8 Å². The van der Waals surface area contributed by atoms with Crippen LogP contribution in [0.25, 0.3) is 11.0 Å². The van der Waals surface area contributed by atoms with Gasteiger partial charge in [-0.25, -0.2) is 13.2 Å². The maximum absolute atomic E-state index is 12.7. The molecule has 25 heavy (non-hydrogen) atoms. The standard InChI is InChI=1S/C17H15ClN2O4S/c1-10-9-11(18)7-8-14(10)25(22,23)20-16-15(19-2)12-5-3-4-6-13(12)24-17(16)21/h3-9,19-20H,1-2H3. The molecular weight excluding hydrogens is 364 g/mol. The van der Waals surface area contributed by atoms with E-state index in [9.17, 15) is 13.2 Å². The summed E-state index contributed by atoms with van der Waals surface area (Å²) in [5.74, 6) is 0. The van der Waals surface area contributed by atoms with Crippen molar-refractivity contribution in [2.75, 3.05) is 17.1 Å². The van der Waals surface area contributed by atoms with Crippen LogP contribution in [0.3, 0.4) is 0 Å². The van der Waals surface area contributed by atoms with Gasteiger partial charge in [-0.1, -0.05) is 23.7 Å². The number of fused-ring (bicyclic) bond motifs is 1. The van der Waals surface area contributed by atoms with Crippen molar-refractivity contribution in [1.82, 2.24) is 0 Å². The van der Waals surface area contributed by atoms with Crippen LogP contribution < -0.4 is 15.7 Å². The lowest BCUT2D eigenvalue weighted by atomic mass is 10.2. The maximum Gasteiger partial charge on any atom is 0.363 e. The third kappa shape index (κ3) is 3.20. The first-order valence-electron chi connectivity index (χ1n) is 7.36. The third-order valence-corrected chi connectivity index (χ3v) is 5.47. The van der Waals surface area contributed by atoms with Gasteiger partial charge in [-0.2, -0.15) is 0 Å². The molecule has 0 aliphatic heterocycles. The van der Waals surface area contributed by atoms with Crippen molar-refractivity contribution in [3.63, 3.8) is 0 Å². The lowest BCUT2D eigenvalue weighted by Gasteiger charge is -2.14. The minimum absolute atomic E-state index is 0.0338. The Bertz CT molecular complexity index is 1120. The monoisotopic (exact) mass is 378 g/mol. The van der Waals surface area contributed by atoms with E-state index in [1.54, 1.807) is 38.2 Å². The summed E-state index contributed by atoms with van der Waals surface area (Å²) >= 11 is 5.88. The van der Waals surface area contributed by atoms with E-state index in [-0.39, 0.29) is 10.6 Å².